The number of nitrogens with two attached hydrogens (primary N) is 1. The van der Waals surface area contributed by atoms with Gasteiger partial charge in [-0.2, -0.15) is 11.3 Å². The predicted octanol–water partition coefficient (Wildman–Crippen LogP) is 2.65. The summed E-state index contributed by atoms with van der Waals surface area (Å²) in [6.07, 6.45) is 0. The molecule has 1 aromatic carbocycles. The summed E-state index contributed by atoms with van der Waals surface area (Å²) in [6.45, 7) is 2.85. The Hall–Kier alpha value is -1.85. The molecule has 19 heavy (non-hydrogen) atoms. The Labute approximate surface area is 116 Å². The molecule has 2 aromatic rings. The average Bonchev–Trinajstić information content (AvgIpc) is 2.83. The number of thiophene rings is 1. The van der Waals surface area contributed by atoms with E-state index in [1.54, 1.807) is 6.07 Å². The molecule has 4 nitrogen and oxygen atoms in total. The van der Waals surface area contributed by atoms with Crippen LogP contribution >= 0.6 is 11.3 Å². The van der Waals surface area contributed by atoms with Crippen molar-refractivity contribution < 1.29 is 9.53 Å². The van der Waals surface area contributed by atoms with E-state index >= 15 is 0 Å². The third kappa shape index (κ3) is 3.56. The number of amides is 1. The van der Waals surface area contributed by atoms with E-state index in [9.17, 15) is 4.79 Å². The third-order valence-electron chi connectivity index (χ3n) is 2.58. The normalized spacial score (nSPS) is 10.2. The second-order valence-electron chi connectivity index (χ2n) is 4.09. The molecule has 5 heteroatoms. The zero-order chi connectivity index (χ0) is 13.7. The maximum atomic E-state index is 12.1. The average molecular weight is 276 g/mol. The standard InChI is InChI=1S/C14H16N2O2S/c1-10-8-19-9-13(10)14(17)16-11-3-2-4-12(7-11)18-6-5-15/h2-4,7-9H,5-6,15H2,1H3,(H,16,17). The van der Waals surface area contributed by atoms with Gasteiger partial charge in [-0.05, 0) is 30.0 Å². The summed E-state index contributed by atoms with van der Waals surface area (Å²) in [7, 11) is 0. The topological polar surface area (TPSA) is 64.3 Å². The molecule has 0 aliphatic carbocycles. The maximum absolute atomic E-state index is 12.1. The molecule has 0 aliphatic rings. The minimum atomic E-state index is -0.102. The number of anilines is 1. The van der Waals surface area contributed by atoms with E-state index in [-0.39, 0.29) is 5.91 Å². The Morgan fingerprint density at radius 3 is 2.95 bits per heavy atom. The van der Waals surface area contributed by atoms with E-state index < -0.39 is 0 Å². The summed E-state index contributed by atoms with van der Waals surface area (Å²) < 4.78 is 5.42. The fourth-order valence-corrected chi connectivity index (χ4v) is 2.46. The van der Waals surface area contributed by atoms with E-state index in [4.69, 9.17) is 10.5 Å². The second-order valence-corrected chi connectivity index (χ2v) is 4.83. The van der Waals surface area contributed by atoms with Gasteiger partial charge in [0.25, 0.3) is 5.91 Å². The monoisotopic (exact) mass is 276 g/mol. The van der Waals surface area contributed by atoms with Gasteiger partial charge in [0, 0.05) is 23.7 Å². The highest BCUT2D eigenvalue weighted by atomic mass is 32.1. The number of hydrogen-bond acceptors (Lipinski definition) is 4. The highest BCUT2D eigenvalue weighted by Crippen LogP contribution is 2.20. The highest BCUT2D eigenvalue weighted by Gasteiger charge is 2.10. The number of aryl methyl sites for hydroxylation is 1. The van der Waals surface area contributed by atoms with E-state index in [0.29, 0.717) is 30.2 Å². The van der Waals surface area contributed by atoms with Crippen molar-refractivity contribution in [3.05, 3.63) is 46.2 Å². The molecule has 3 N–H and O–H groups in total. The van der Waals surface area contributed by atoms with Gasteiger partial charge in [0.05, 0.1) is 5.56 Å². The summed E-state index contributed by atoms with van der Waals surface area (Å²) in [4.78, 5) is 12.1. The van der Waals surface area contributed by atoms with Crippen LogP contribution in [0.15, 0.2) is 35.0 Å². The van der Waals surface area contributed by atoms with Gasteiger partial charge in [-0.15, -0.1) is 0 Å². The number of carbonyl (C=O) groups excluding carboxylic acids is 1. The van der Waals surface area contributed by atoms with Crippen LogP contribution in [0.2, 0.25) is 0 Å². The van der Waals surface area contributed by atoms with Crippen LogP contribution < -0.4 is 15.8 Å². The maximum Gasteiger partial charge on any atom is 0.256 e. The smallest absolute Gasteiger partial charge is 0.256 e. The lowest BCUT2D eigenvalue weighted by Crippen LogP contribution is -2.13. The van der Waals surface area contributed by atoms with Crippen molar-refractivity contribution in [1.29, 1.82) is 0 Å². The van der Waals surface area contributed by atoms with E-state index in [1.165, 1.54) is 11.3 Å². The molecule has 0 bridgehead atoms. The molecule has 0 atom stereocenters. The Morgan fingerprint density at radius 2 is 2.26 bits per heavy atom. The molecule has 1 heterocycles. The Kier molecular flexibility index (Phi) is 4.54. The molecule has 0 unspecified atom stereocenters. The van der Waals surface area contributed by atoms with Crippen LogP contribution in [-0.2, 0) is 0 Å². The number of nitrogens with one attached hydrogen (secondary N) is 1. The quantitative estimate of drug-likeness (QED) is 0.882. The molecule has 100 valence electrons. The van der Waals surface area contributed by atoms with Gasteiger partial charge in [-0.25, -0.2) is 0 Å². The molecular formula is C14H16N2O2S. The molecule has 0 radical (unpaired) electrons. The van der Waals surface area contributed by atoms with Crippen molar-refractivity contribution in [2.75, 3.05) is 18.5 Å². The minimum absolute atomic E-state index is 0.102. The molecule has 0 fully saturated rings. The van der Waals surface area contributed by atoms with Gasteiger partial charge in [0.1, 0.15) is 12.4 Å². The highest BCUT2D eigenvalue weighted by molar-refractivity contribution is 7.08. The van der Waals surface area contributed by atoms with Gasteiger partial charge in [-0.1, -0.05) is 6.07 Å². The number of ether oxygens (including phenoxy) is 1. The SMILES string of the molecule is Cc1cscc1C(=O)Nc1cccc(OCCN)c1. The lowest BCUT2D eigenvalue weighted by atomic mass is 10.2. The molecule has 1 aromatic heterocycles. The molecule has 0 spiro atoms. The van der Waals surface area contributed by atoms with Crippen LogP contribution in [0, 0.1) is 6.92 Å². The van der Waals surface area contributed by atoms with Crippen LogP contribution in [0.3, 0.4) is 0 Å². The number of hydrogen-bond donors (Lipinski definition) is 2. The summed E-state index contributed by atoms with van der Waals surface area (Å²) in [5, 5.41) is 6.66. The van der Waals surface area contributed by atoms with E-state index in [1.807, 2.05) is 35.9 Å². The first kappa shape index (κ1) is 13.6. The van der Waals surface area contributed by atoms with Crippen LogP contribution in [-0.4, -0.2) is 19.1 Å². The first-order valence-electron chi connectivity index (χ1n) is 5.98. The molecule has 2 rings (SSSR count). The van der Waals surface area contributed by atoms with E-state index in [0.717, 1.165) is 5.56 Å². The lowest BCUT2D eigenvalue weighted by Gasteiger charge is -2.08. The largest absolute Gasteiger partial charge is 0.492 e. The second kappa shape index (κ2) is 6.36. The van der Waals surface area contributed by atoms with Crippen LogP contribution in [0.4, 0.5) is 5.69 Å². The number of carbonyl (C=O) groups is 1. The van der Waals surface area contributed by atoms with Crippen molar-refractivity contribution in [1.82, 2.24) is 0 Å². The predicted molar refractivity (Wildman–Crippen MR) is 78.0 cm³/mol. The lowest BCUT2D eigenvalue weighted by molar-refractivity contribution is 0.102. The Balaban J connectivity index is 2.07. The summed E-state index contributed by atoms with van der Waals surface area (Å²) >= 11 is 1.52. The van der Waals surface area contributed by atoms with Gasteiger partial charge in [0.15, 0.2) is 0 Å². The van der Waals surface area contributed by atoms with Crippen molar-refractivity contribution in [3.8, 4) is 5.75 Å². The first-order chi connectivity index (χ1) is 9.20. The van der Waals surface area contributed by atoms with Crippen molar-refractivity contribution in [2.24, 2.45) is 5.73 Å². The van der Waals surface area contributed by atoms with Gasteiger partial charge < -0.3 is 15.8 Å². The Morgan fingerprint density at radius 1 is 1.42 bits per heavy atom. The zero-order valence-corrected chi connectivity index (χ0v) is 11.5. The molecule has 0 saturated carbocycles. The van der Waals surface area contributed by atoms with Gasteiger partial charge in [-0.3, -0.25) is 4.79 Å². The molecule has 0 saturated heterocycles. The summed E-state index contributed by atoms with van der Waals surface area (Å²) in [5.41, 5.74) is 7.79. The molecular weight excluding hydrogens is 260 g/mol. The minimum Gasteiger partial charge on any atom is -0.492 e. The molecule has 1 amide bonds. The fraction of sp³-hybridized carbons (Fsp3) is 0.214. The Bertz CT molecular complexity index is 566. The fourth-order valence-electron chi connectivity index (χ4n) is 1.63. The molecule has 0 aliphatic heterocycles. The van der Waals surface area contributed by atoms with Crippen LogP contribution in [0.1, 0.15) is 15.9 Å². The van der Waals surface area contributed by atoms with Crippen molar-refractivity contribution in [3.63, 3.8) is 0 Å². The van der Waals surface area contributed by atoms with Gasteiger partial charge in [0.2, 0.25) is 0 Å². The zero-order valence-electron chi connectivity index (χ0n) is 10.7. The number of benzene rings is 1. The summed E-state index contributed by atoms with van der Waals surface area (Å²) in [5.74, 6) is 0.597. The van der Waals surface area contributed by atoms with Crippen LogP contribution in [0.25, 0.3) is 0 Å². The van der Waals surface area contributed by atoms with Crippen molar-refractivity contribution in [2.45, 2.75) is 6.92 Å². The van der Waals surface area contributed by atoms with Crippen molar-refractivity contribution >= 4 is 22.9 Å². The third-order valence-corrected chi connectivity index (χ3v) is 3.44. The van der Waals surface area contributed by atoms with E-state index in [2.05, 4.69) is 5.32 Å². The first-order valence-corrected chi connectivity index (χ1v) is 6.92. The number of rotatable bonds is 5. The summed E-state index contributed by atoms with van der Waals surface area (Å²) in [6, 6.07) is 7.28. The van der Waals surface area contributed by atoms with Gasteiger partial charge >= 0.3 is 0 Å². The van der Waals surface area contributed by atoms with Crippen LogP contribution in [0.5, 0.6) is 5.75 Å².